The number of thiazole rings is 1. The van der Waals surface area contributed by atoms with Crippen molar-refractivity contribution in [3.05, 3.63) is 81.6 Å². The lowest BCUT2D eigenvalue weighted by molar-refractivity contribution is -0.133. The summed E-state index contributed by atoms with van der Waals surface area (Å²) in [4.78, 5) is 55.6. The summed E-state index contributed by atoms with van der Waals surface area (Å²) in [5.74, 6) is 1.32. The summed E-state index contributed by atoms with van der Waals surface area (Å²) < 4.78 is 0. The molecule has 0 bridgehead atoms. The average molecular weight is 688 g/mol. The Labute approximate surface area is 288 Å². The summed E-state index contributed by atoms with van der Waals surface area (Å²) in [5.41, 5.74) is 3.49. The van der Waals surface area contributed by atoms with Crippen molar-refractivity contribution in [3.8, 4) is 0 Å². The number of carbonyl (C=O) groups is 3. The van der Waals surface area contributed by atoms with E-state index in [9.17, 15) is 14.4 Å². The second-order valence-corrected chi connectivity index (χ2v) is 13.6. The van der Waals surface area contributed by atoms with E-state index in [0.29, 0.717) is 51.2 Å². The smallest absolute Gasteiger partial charge is 0.267 e. The molecular formula is C34H38ClN9O3S. The van der Waals surface area contributed by atoms with E-state index in [2.05, 4.69) is 54.1 Å². The van der Waals surface area contributed by atoms with Crippen LogP contribution in [0.5, 0.6) is 0 Å². The minimum atomic E-state index is -0.422. The second-order valence-electron chi connectivity index (χ2n) is 12.1. The highest BCUT2D eigenvalue weighted by atomic mass is 35.5. The van der Waals surface area contributed by atoms with Gasteiger partial charge in [-0.3, -0.25) is 24.6 Å². The Morgan fingerprint density at radius 1 is 1.08 bits per heavy atom. The van der Waals surface area contributed by atoms with Crippen LogP contribution in [-0.4, -0.2) is 69.8 Å². The lowest BCUT2D eigenvalue weighted by atomic mass is 10.0. The highest BCUT2D eigenvalue weighted by Gasteiger charge is 2.28. The molecule has 0 saturated carbocycles. The Kier molecular flexibility index (Phi) is 10.2. The fourth-order valence-corrected chi connectivity index (χ4v) is 7.03. The molecule has 4 N–H and O–H groups in total. The van der Waals surface area contributed by atoms with E-state index in [-0.39, 0.29) is 17.7 Å². The van der Waals surface area contributed by atoms with Crippen molar-refractivity contribution in [1.82, 2.24) is 25.2 Å². The third-order valence-electron chi connectivity index (χ3n) is 8.67. The van der Waals surface area contributed by atoms with Crippen LogP contribution in [0.15, 0.2) is 54.7 Å². The standard InChI is InChI=1S/C34H38ClN9O3S/c1-20-7-6-9-24(35)31(20)42-33(47)27-18-36-34(48-27)40-28-17-29(38-21(2)37-28)44-15-13-23(14-16-44)43(3)19-22-8-4-5-10-25(22)39-26-11-12-30(45)41-32(26)46/h4-10,17-18,23,26,39H,11-16,19H2,1-3H3,(H,42,47)(H,41,45,46)(H,36,37,38,40). The zero-order valence-electron chi connectivity index (χ0n) is 27.0. The number of hydrogen-bond donors (Lipinski definition) is 4. The van der Waals surface area contributed by atoms with E-state index in [1.165, 1.54) is 17.5 Å². The molecule has 0 radical (unpaired) electrons. The number of imide groups is 1. The summed E-state index contributed by atoms with van der Waals surface area (Å²) in [7, 11) is 2.14. The number of rotatable bonds is 10. The van der Waals surface area contributed by atoms with Gasteiger partial charge in [-0.2, -0.15) is 0 Å². The van der Waals surface area contributed by atoms with Gasteiger partial charge in [-0.15, -0.1) is 0 Å². The van der Waals surface area contributed by atoms with Crippen molar-refractivity contribution in [2.75, 3.05) is 41.0 Å². The maximum atomic E-state index is 12.9. The van der Waals surface area contributed by atoms with Gasteiger partial charge >= 0.3 is 0 Å². The molecule has 48 heavy (non-hydrogen) atoms. The number of nitrogens with zero attached hydrogens (tertiary/aromatic N) is 5. The van der Waals surface area contributed by atoms with E-state index < -0.39 is 6.04 Å². The van der Waals surface area contributed by atoms with Gasteiger partial charge in [0.2, 0.25) is 11.8 Å². The largest absolute Gasteiger partial charge is 0.373 e. The molecule has 0 aliphatic carbocycles. The number of aromatic nitrogens is 3. The van der Waals surface area contributed by atoms with Gasteiger partial charge in [-0.05, 0) is 63.4 Å². The molecule has 0 spiro atoms. The molecule has 2 aliphatic heterocycles. The fourth-order valence-electron chi connectivity index (χ4n) is 6.04. The lowest BCUT2D eigenvalue weighted by Crippen LogP contribution is -2.47. The van der Waals surface area contributed by atoms with Gasteiger partial charge in [0, 0.05) is 43.9 Å². The van der Waals surface area contributed by atoms with E-state index >= 15 is 0 Å². The van der Waals surface area contributed by atoms with Crippen molar-refractivity contribution in [1.29, 1.82) is 0 Å². The van der Waals surface area contributed by atoms with Gasteiger partial charge in [-0.25, -0.2) is 15.0 Å². The van der Waals surface area contributed by atoms with Gasteiger partial charge in [0.15, 0.2) is 5.13 Å². The Balaban J connectivity index is 1.04. The zero-order chi connectivity index (χ0) is 33.8. The molecule has 4 heterocycles. The molecule has 2 saturated heterocycles. The SMILES string of the molecule is Cc1nc(Nc2ncc(C(=O)Nc3c(C)cccc3Cl)s2)cc(N2CCC(N(C)Cc3ccccc3NC3CCC(=O)NC3=O)CC2)n1. The molecule has 1 atom stereocenters. The van der Waals surface area contributed by atoms with Crippen molar-refractivity contribution in [2.45, 2.75) is 58.2 Å². The zero-order valence-corrected chi connectivity index (χ0v) is 28.6. The summed E-state index contributed by atoms with van der Waals surface area (Å²) in [6.07, 6.45) is 4.28. The van der Waals surface area contributed by atoms with Crippen LogP contribution in [0.25, 0.3) is 0 Å². The van der Waals surface area contributed by atoms with Crippen LogP contribution < -0.4 is 26.2 Å². The molecule has 4 aromatic rings. The normalized spacial score (nSPS) is 16.9. The Bertz CT molecular complexity index is 1800. The van der Waals surface area contributed by atoms with Crippen molar-refractivity contribution in [2.24, 2.45) is 0 Å². The van der Waals surface area contributed by atoms with Crippen LogP contribution in [0.2, 0.25) is 5.02 Å². The van der Waals surface area contributed by atoms with Crippen LogP contribution >= 0.6 is 22.9 Å². The number of para-hydroxylation sites is 2. The predicted octanol–water partition coefficient (Wildman–Crippen LogP) is 5.52. The molecule has 6 rings (SSSR count). The van der Waals surface area contributed by atoms with Gasteiger partial charge in [-0.1, -0.05) is 53.3 Å². The number of piperidine rings is 2. The number of nitrogens with one attached hydrogen (secondary N) is 4. The Morgan fingerprint density at radius 2 is 1.88 bits per heavy atom. The quantitative estimate of drug-likeness (QED) is 0.157. The molecule has 3 amide bonds. The van der Waals surface area contributed by atoms with E-state index in [0.717, 1.165) is 55.1 Å². The maximum Gasteiger partial charge on any atom is 0.267 e. The molecular weight excluding hydrogens is 650 g/mol. The summed E-state index contributed by atoms with van der Waals surface area (Å²) in [6.45, 7) is 6.16. The molecule has 250 valence electrons. The minimum Gasteiger partial charge on any atom is -0.373 e. The first-order valence-corrected chi connectivity index (χ1v) is 17.1. The average Bonchev–Trinajstić information content (AvgIpc) is 3.53. The molecule has 12 nitrogen and oxygen atoms in total. The first-order chi connectivity index (χ1) is 23.1. The van der Waals surface area contributed by atoms with Gasteiger partial charge in [0.1, 0.15) is 28.4 Å². The minimum absolute atomic E-state index is 0.220. The van der Waals surface area contributed by atoms with Crippen molar-refractivity contribution < 1.29 is 14.4 Å². The molecule has 2 aromatic carbocycles. The molecule has 2 aromatic heterocycles. The van der Waals surface area contributed by atoms with Crippen molar-refractivity contribution >= 4 is 68.8 Å². The summed E-state index contributed by atoms with van der Waals surface area (Å²) >= 11 is 7.52. The third-order valence-corrected chi connectivity index (χ3v) is 9.89. The third kappa shape index (κ3) is 7.92. The molecule has 2 aliphatic rings. The van der Waals surface area contributed by atoms with Gasteiger partial charge in [0.25, 0.3) is 5.91 Å². The molecule has 2 fully saturated rings. The number of anilines is 5. The van der Waals surface area contributed by atoms with E-state index in [1.807, 2.05) is 50.2 Å². The number of halogens is 1. The Morgan fingerprint density at radius 3 is 2.65 bits per heavy atom. The van der Waals surface area contributed by atoms with E-state index in [1.54, 1.807) is 6.07 Å². The number of hydrogen-bond acceptors (Lipinski definition) is 11. The molecule has 1 unspecified atom stereocenters. The topological polar surface area (TPSA) is 144 Å². The van der Waals surface area contributed by atoms with Crippen LogP contribution in [-0.2, 0) is 16.1 Å². The maximum absolute atomic E-state index is 12.9. The van der Waals surface area contributed by atoms with Gasteiger partial charge < -0.3 is 20.9 Å². The van der Waals surface area contributed by atoms with E-state index in [4.69, 9.17) is 16.6 Å². The second kappa shape index (κ2) is 14.7. The Hall–Kier alpha value is -4.59. The first-order valence-electron chi connectivity index (χ1n) is 15.9. The monoisotopic (exact) mass is 687 g/mol. The van der Waals surface area contributed by atoms with Crippen molar-refractivity contribution in [3.63, 3.8) is 0 Å². The highest BCUT2D eigenvalue weighted by molar-refractivity contribution is 7.17. The summed E-state index contributed by atoms with van der Waals surface area (Å²) in [5, 5.41) is 12.9. The van der Waals surface area contributed by atoms with Crippen LogP contribution in [0.3, 0.4) is 0 Å². The van der Waals surface area contributed by atoms with Gasteiger partial charge in [0.05, 0.1) is 16.9 Å². The molecule has 14 heteroatoms. The number of aryl methyl sites for hydroxylation is 2. The van der Waals surface area contributed by atoms with Crippen LogP contribution in [0, 0.1) is 13.8 Å². The fraction of sp³-hybridized carbons (Fsp3) is 0.353. The number of benzene rings is 2. The lowest BCUT2D eigenvalue weighted by Gasteiger charge is -2.37. The number of carbonyl (C=O) groups excluding carboxylic acids is 3. The first kappa shape index (κ1) is 33.3. The number of amides is 3. The highest BCUT2D eigenvalue weighted by Crippen LogP contribution is 2.30. The predicted molar refractivity (Wildman–Crippen MR) is 189 cm³/mol. The summed E-state index contributed by atoms with van der Waals surface area (Å²) in [6, 6.07) is 15.4. The van der Waals surface area contributed by atoms with Crippen LogP contribution in [0.4, 0.5) is 28.1 Å². The van der Waals surface area contributed by atoms with Crippen LogP contribution in [0.1, 0.15) is 52.3 Å².